The number of benzene rings is 1. The predicted octanol–water partition coefficient (Wildman–Crippen LogP) is 2.81. The smallest absolute Gasteiger partial charge is 0.183 e. The van der Waals surface area contributed by atoms with Gasteiger partial charge in [0, 0.05) is 17.9 Å². The standard InChI is InChI=1S/C14H20ClN5O/c1-4-21-8-13(9(2)3)20-14(17-18-19-20)11-6-5-10(16)7-12(11)15/h5-7,9,13H,4,8,16H2,1-3H3. The SMILES string of the molecule is CCOCC(C(C)C)n1nnnc1-c1ccc(N)cc1Cl. The Labute approximate surface area is 129 Å². The van der Waals surface area contributed by atoms with Crippen LogP contribution in [0.4, 0.5) is 5.69 Å². The normalized spacial score (nSPS) is 12.8. The van der Waals surface area contributed by atoms with E-state index >= 15 is 0 Å². The molecule has 0 saturated heterocycles. The van der Waals surface area contributed by atoms with Crippen LogP contribution in [0.15, 0.2) is 18.2 Å². The molecule has 7 heteroatoms. The first kappa shape index (κ1) is 15.7. The van der Waals surface area contributed by atoms with Gasteiger partial charge in [-0.25, -0.2) is 4.68 Å². The van der Waals surface area contributed by atoms with Crippen LogP contribution in [0, 0.1) is 5.92 Å². The number of anilines is 1. The molecule has 0 saturated carbocycles. The topological polar surface area (TPSA) is 78.8 Å². The van der Waals surface area contributed by atoms with Gasteiger partial charge in [-0.05, 0) is 41.5 Å². The average molecular weight is 310 g/mol. The van der Waals surface area contributed by atoms with E-state index in [2.05, 4.69) is 29.4 Å². The number of ether oxygens (including phenoxy) is 1. The molecular formula is C14H20ClN5O. The van der Waals surface area contributed by atoms with Gasteiger partial charge in [0.1, 0.15) is 0 Å². The molecule has 1 atom stereocenters. The van der Waals surface area contributed by atoms with Gasteiger partial charge in [-0.1, -0.05) is 25.4 Å². The van der Waals surface area contributed by atoms with Gasteiger partial charge in [0.25, 0.3) is 0 Å². The molecule has 6 nitrogen and oxygen atoms in total. The third-order valence-corrected chi connectivity index (χ3v) is 3.62. The van der Waals surface area contributed by atoms with E-state index in [0.717, 1.165) is 5.56 Å². The molecule has 1 aromatic heterocycles. The minimum absolute atomic E-state index is 0.0450. The number of tetrazole rings is 1. The number of hydrogen-bond donors (Lipinski definition) is 1. The molecule has 2 N–H and O–H groups in total. The number of nitrogens with zero attached hydrogens (tertiary/aromatic N) is 4. The summed E-state index contributed by atoms with van der Waals surface area (Å²) >= 11 is 6.26. The van der Waals surface area contributed by atoms with E-state index in [-0.39, 0.29) is 6.04 Å². The molecule has 0 radical (unpaired) electrons. The molecule has 1 aromatic carbocycles. The first-order chi connectivity index (χ1) is 10.0. The second-order valence-electron chi connectivity index (χ2n) is 5.16. The summed E-state index contributed by atoms with van der Waals surface area (Å²) in [5.74, 6) is 0.949. The first-order valence-corrected chi connectivity index (χ1v) is 7.33. The van der Waals surface area contributed by atoms with E-state index in [4.69, 9.17) is 22.1 Å². The third kappa shape index (κ3) is 3.51. The molecule has 0 aliphatic rings. The Bertz CT molecular complexity index is 599. The molecule has 0 spiro atoms. The fraction of sp³-hybridized carbons (Fsp3) is 0.500. The number of nitrogen functional groups attached to an aromatic ring is 1. The Morgan fingerprint density at radius 2 is 2.14 bits per heavy atom. The van der Waals surface area contributed by atoms with Gasteiger partial charge in [0.15, 0.2) is 5.82 Å². The molecule has 0 bridgehead atoms. The van der Waals surface area contributed by atoms with Gasteiger partial charge in [-0.2, -0.15) is 0 Å². The van der Waals surface area contributed by atoms with Crippen molar-refractivity contribution in [3.05, 3.63) is 23.2 Å². The van der Waals surface area contributed by atoms with E-state index in [0.29, 0.717) is 35.7 Å². The quantitative estimate of drug-likeness (QED) is 0.830. The average Bonchev–Trinajstić information content (AvgIpc) is 2.88. The van der Waals surface area contributed by atoms with Gasteiger partial charge >= 0.3 is 0 Å². The van der Waals surface area contributed by atoms with Crippen molar-refractivity contribution in [1.82, 2.24) is 20.2 Å². The van der Waals surface area contributed by atoms with E-state index in [1.165, 1.54) is 0 Å². The lowest BCUT2D eigenvalue weighted by molar-refractivity contribution is 0.0913. The summed E-state index contributed by atoms with van der Waals surface area (Å²) in [4.78, 5) is 0. The van der Waals surface area contributed by atoms with Crippen LogP contribution in [0.1, 0.15) is 26.8 Å². The lowest BCUT2D eigenvalue weighted by atomic mass is 10.0. The number of nitrogens with two attached hydrogens (primary N) is 1. The summed E-state index contributed by atoms with van der Waals surface area (Å²) in [6, 6.07) is 5.36. The molecule has 1 heterocycles. The van der Waals surface area contributed by atoms with E-state index < -0.39 is 0 Å². The highest BCUT2D eigenvalue weighted by Crippen LogP contribution is 2.30. The zero-order valence-corrected chi connectivity index (χ0v) is 13.2. The molecule has 21 heavy (non-hydrogen) atoms. The molecule has 0 aliphatic heterocycles. The summed E-state index contributed by atoms with van der Waals surface area (Å²) in [6.45, 7) is 7.40. The third-order valence-electron chi connectivity index (χ3n) is 3.30. The summed E-state index contributed by atoms with van der Waals surface area (Å²) < 4.78 is 7.33. The second-order valence-corrected chi connectivity index (χ2v) is 5.56. The maximum absolute atomic E-state index is 6.26. The van der Waals surface area contributed by atoms with Gasteiger partial charge in [0.05, 0.1) is 17.7 Å². The highest BCUT2D eigenvalue weighted by molar-refractivity contribution is 6.33. The molecule has 0 aliphatic carbocycles. The van der Waals surface area contributed by atoms with Crippen molar-refractivity contribution in [2.45, 2.75) is 26.8 Å². The van der Waals surface area contributed by atoms with Crippen LogP contribution in [0.5, 0.6) is 0 Å². The summed E-state index contributed by atoms with van der Waals surface area (Å²) in [7, 11) is 0. The van der Waals surface area contributed by atoms with Crippen molar-refractivity contribution < 1.29 is 4.74 Å². The molecule has 2 rings (SSSR count). The van der Waals surface area contributed by atoms with Crippen LogP contribution in [0.3, 0.4) is 0 Å². The maximum atomic E-state index is 6.26. The van der Waals surface area contributed by atoms with Gasteiger partial charge < -0.3 is 10.5 Å². The molecular weight excluding hydrogens is 290 g/mol. The van der Waals surface area contributed by atoms with Crippen LogP contribution in [-0.2, 0) is 4.74 Å². The number of hydrogen-bond acceptors (Lipinski definition) is 5. The van der Waals surface area contributed by atoms with Crippen molar-refractivity contribution in [2.75, 3.05) is 18.9 Å². The Morgan fingerprint density at radius 3 is 2.76 bits per heavy atom. The van der Waals surface area contributed by atoms with Crippen LogP contribution in [0.2, 0.25) is 5.02 Å². The number of halogens is 1. The van der Waals surface area contributed by atoms with Crippen molar-refractivity contribution in [3.63, 3.8) is 0 Å². The Kier molecular flexibility index (Phi) is 5.14. The minimum atomic E-state index is 0.0450. The molecule has 114 valence electrons. The monoisotopic (exact) mass is 309 g/mol. The Morgan fingerprint density at radius 1 is 1.38 bits per heavy atom. The minimum Gasteiger partial charge on any atom is -0.399 e. The van der Waals surface area contributed by atoms with Crippen molar-refractivity contribution in [1.29, 1.82) is 0 Å². The largest absolute Gasteiger partial charge is 0.399 e. The summed E-state index contributed by atoms with van der Waals surface area (Å²) in [5, 5.41) is 12.5. The number of aromatic nitrogens is 4. The summed E-state index contributed by atoms with van der Waals surface area (Å²) in [5.41, 5.74) is 7.10. The van der Waals surface area contributed by atoms with Crippen LogP contribution < -0.4 is 5.73 Å². The van der Waals surface area contributed by atoms with Crippen molar-refractivity contribution >= 4 is 17.3 Å². The van der Waals surface area contributed by atoms with Crippen LogP contribution >= 0.6 is 11.6 Å². The first-order valence-electron chi connectivity index (χ1n) is 6.95. The van der Waals surface area contributed by atoms with E-state index in [9.17, 15) is 0 Å². The predicted molar refractivity (Wildman–Crippen MR) is 83.0 cm³/mol. The fourth-order valence-corrected chi connectivity index (χ4v) is 2.36. The highest BCUT2D eigenvalue weighted by atomic mass is 35.5. The molecule has 0 amide bonds. The Balaban J connectivity index is 2.40. The van der Waals surface area contributed by atoms with Crippen LogP contribution in [0.25, 0.3) is 11.4 Å². The summed E-state index contributed by atoms with van der Waals surface area (Å²) in [6.07, 6.45) is 0. The zero-order chi connectivity index (χ0) is 15.4. The molecule has 1 unspecified atom stereocenters. The van der Waals surface area contributed by atoms with Gasteiger partial charge in [-0.15, -0.1) is 5.10 Å². The Hall–Kier alpha value is -1.66. The zero-order valence-electron chi connectivity index (χ0n) is 12.5. The van der Waals surface area contributed by atoms with Crippen molar-refractivity contribution in [3.8, 4) is 11.4 Å². The highest BCUT2D eigenvalue weighted by Gasteiger charge is 2.23. The molecule has 2 aromatic rings. The maximum Gasteiger partial charge on any atom is 0.183 e. The van der Waals surface area contributed by atoms with Crippen molar-refractivity contribution in [2.24, 2.45) is 5.92 Å². The second kappa shape index (κ2) is 6.87. The van der Waals surface area contributed by atoms with Crippen LogP contribution in [-0.4, -0.2) is 33.4 Å². The van der Waals surface area contributed by atoms with Gasteiger partial charge in [-0.3, -0.25) is 0 Å². The van der Waals surface area contributed by atoms with E-state index in [1.54, 1.807) is 16.8 Å². The lowest BCUT2D eigenvalue weighted by Gasteiger charge is -2.21. The van der Waals surface area contributed by atoms with E-state index in [1.807, 2.05) is 13.0 Å². The molecule has 0 fully saturated rings. The number of rotatable bonds is 6. The van der Waals surface area contributed by atoms with Gasteiger partial charge in [0.2, 0.25) is 0 Å². The lowest BCUT2D eigenvalue weighted by Crippen LogP contribution is -2.23. The fourth-order valence-electron chi connectivity index (χ4n) is 2.09.